The van der Waals surface area contributed by atoms with Crippen LogP contribution in [0.5, 0.6) is 0 Å². The standard InChI is InChI=1S/C15H13NO2S/c17-15(18)11-5-1-2-7-13(11)19-14-9-8-10-4-3-6-12(10)16-14/h1-2,5,7-9H,3-4,6H2,(H,17,18). The minimum atomic E-state index is -0.899. The van der Waals surface area contributed by atoms with Crippen molar-refractivity contribution in [2.24, 2.45) is 0 Å². The molecule has 0 saturated carbocycles. The van der Waals surface area contributed by atoms with Crippen LogP contribution in [-0.2, 0) is 12.8 Å². The van der Waals surface area contributed by atoms with Gasteiger partial charge in [-0.3, -0.25) is 0 Å². The highest BCUT2D eigenvalue weighted by Crippen LogP contribution is 2.31. The second kappa shape index (κ2) is 5.05. The first-order valence-corrected chi connectivity index (χ1v) is 7.04. The molecule has 1 N–H and O–H groups in total. The summed E-state index contributed by atoms with van der Waals surface area (Å²) < 4.78 is 0. The van der Waals surface area contributed by atoms with Gasteiger partial charge in [-0.2, -0.15) is 0 Å². The van der Waals surface area contributed by atoms with E-state index in [1.54, 1.807) is 12.1 Å². The molecule has 1 aromatic carbocycles. The van der Waals surface area contributed by atoms with Crippen molar-refractivity contribution in [1.82, 2.24) is 4.98 Å². The van der Waals surface area contributed by atoms with E-state index in [0.717, 1.165) is 28.5 Å². The smallest absolute Gasteiger partial charge is 0.336 e. The number of carbonyl (C=O) groups is 1. The van der Waals surface area contributed by atoms with E-state index in [0.29, 0.717) is 5.56 Å². The number of pyridine rings is 1. The van der Waals surface area contributed by atoms with Gasteiger partial charge in [0.15, 0.2) is 0 Å². The Bertz CT molecular complexity index is 640. The molecule has 96 valence electrons. The molecule has 19 heavy (non-hydrogen) atoms. The zero-order valence-electron chi connectivity index (χ0n) is 10.3. The van der Waals surface area contributed by atoms with Crippen LogP contribution >= 0.6 is 11.8 Å². The highest BCUT2D eigenvalue weighted by molar-refractivity contribution is 7.99. The van der Waals surface area contributed by atoms with E-state index in [1.165, 1.54) is 23.7 Å². The lowest BCUT2D eigenvalue weighted by Crippen LogP contribution is -1.98. The fourth-order valence-corrected chi connectivity index (χ4v) is 3.23. The largest absolute Gasteiger partial charge is 0.478 e. The Morgan fingerprint density at radius 2 is 2.00 bits per heavy atom. The molecule has 0 saturated heterocycles. The van der Waals surface area contributed by atoms with Gasteiger partial charge in [0.25, 0.3) is 0 Å². The van der Waals surface area contributed by atoms with Gasteiger partial charge in [0.1, 0.15) is 5.03 Å². The van der Waals surface area contributed by atoms with Gasteiger partial charge in [0.2, 0.25) is 0 Å². The lowest BCUT2D eigenvalue weighted by Gasteiger charge is -2.06. The fraction of sp³-hybridized carbons (Fsp3) is 0.200. The maximum Gasteiger partial charge on any atom is 0.336 e. The highest BCUT2D eigenvalue weighted by Gasteiger charge is 2.15. The van der Waals surface area contributed by atoms with E-state index >= 15 is 0 Å². The molecule has 2 aromatic rings. The van der Waals surface area contributed by atoms with E-state index in [9.17, 15) is 4.79 Å². The van der Waals surface area contributed by atoms with E-state index in [1.807, 2.05) is 18.2 Å². The molecule has 4 heteroatoms. The molecule has 0 spiro atoms. The van der Waals surface area contributed by atoms with Gasteiger partial charge in [0.05, 0.1) is 5.56 Å². The van der Waals surface area contributed by atoms with Gasteiger partial charge < -0.3 is 5.11 Å². The number of hydrogen-bond donors (Lipinski definition) is 1. The first-order chi connectivity index (χ1) is 9.24. The molecule has 0 amide bonds. The maximum absolute atomic E-state index is 11.2. The summed E-state index contributed by atoms with van der Waals surface area (Å²) in [5.74, 6) is -0.899. The summed E-state index contributed by atoms with van der Waals surface area (Å²) in [5, 5.41) is 10.0. The van der Waals surface area contributed by atoms with E-state index in [4.69, 9.17) is 5.11 Å². The topological polar surface area (TPSA) is 50.2 Å². The second-order valence-corrected chi connectivity index (χ2v) is 5.57. The van der Waals surface area contributed by atoms with Gasteiger partial charge in [0, 0.05) is 10.6 Å². The zero-order valence-corrected chi connectivity index (χ0v) is 11.1. The number of benzene rings is 1. The Morgan fingerprint density at radius 3 is 2.84 bits per heavy atom. The van der Waals surface area contributed by atoms with E-state index < -0.39 is 5.97 Å². The molecule has 0 bridgehead atoms. The van der Waals surface area contributed by atoms with Crippen LogP contribution in [0, 0.1) is 0 Å². The third kappa shape index (κ3) is 2.49. The molecule has 1 aliphatic carbocycles. The predicted octanol–water partition coefficient (Wildman–Crippen LogP) is 3.42. The summed E-state index contributed by atoms with van der Waals surface area (Å²) in [6, 6.07) is 11.1. The molecule has 0 radical (unpaired) electrons. The average molecular weight is 271 g/mol. The number of hydrogen-bond acceptors (Lipinski definition) is 3. The van der Waals surface area contributed by atoms with Crippen LogP contribution in [0.15, 0.2) is 46.3 Å². The monoisotopic (exact) mass is 271 g/mol. The van der Waals surface area contributed by atoms with Crippen LogP contribution in [0.25, 0.3) is 0 Å². The molecular weight excluding hydrogens is 258 g/mol. The quantitative estimate of drug-likeness (QED) is 0.929. The minimum Gasteiger partial charge on any atom is -0.478 e. The number of aryl methyl sites for hydroxylation is 2. The molecule has 0 atom stereocenters. The molecular formula is C15H13NO2S. The van der Waals surface area contributed by atoms with Crippen molar-refractivity contribution in [2.45, 2.75) is 29.2 Å². The van der Waals surface area contributed by atoms with Gasteiger partial charge in [-0.15, -0.1) is 0 Å². The number of aromatic carboxylic acids is 1. The Labute approximate surface area is 115 Å². The molecule has 1 heterocycles. The normalized spacial score (nSPS) is 13.3. The van der Waals surface area contributed by atoms with Crippen molar-refractivity contribution >= 4 is 17.7 Å². The van der Waals surface area contributed by atoms with Crippen molar-refractivity contribution < 1.29 is 9.90 Å². The lowest BCUT2D eigenvalue weighted by atomic mass is 10.2. The highest BCUT2D eigenvalue weighted by atomic mass is 32.2. The van der Waals surface area contributed by atoms with E-state index in [-0.39, 0.29) is 0 Å². The summed E-state index contributed by atoms with van der Waals surface area (Å²) in [5.41, 5.74) is 2.82. The molecule has 3 nitrogen and oxygen atoms in total. The number of carboxylic acid groups (broad SMARTS) is 1. The van der Waals surface area contributed by atoms with Crippen LogP contribution in [-0.4, -0.2) is 16.1 Å². The third-order valence-electron chi connectivity index (χ3n) is 3.23. The number of aromatic nitrogens is 1. The molecule has 1 aliphatic rings. The number of rotatable bonds is 3. The Balaban J connectivity index is 1.91. The Kier molecular flexibility index (Phi) is 3.25. The first kappa shape index (κ1) is 12.2. The number of carboxylic acids is 1. The molecule has 0 aliphatic heterocycles. The molecule has 1 aromatic heterocycles. The molecule has 3 rings (SSSR count). The van der Waals surface area contributed by atoms with Crippen molar-refractivity contribution in [3.8, 4) is 0 Å². The number of nitrogens with zero attached hydrogens (tertiary/aromatic N) is 1. The predicted molar refractivity (Wildman–Crippen MR) is 73.8 cm³/mol. The Morgan fingerprint density at radius 1 is 1.16 bits per heavy atom. The summed E-state index contributed by atoms with van der Waals surface area (Å²) in [7, 11) is 0. The second-order valence-electron chi connectivity index (χ2n) is 4.51. The van der Waals surface area contributed by atoms with Crippen LogP contribution in [0.3, 0.4) is 0 Å². The van der Waals surface area contributed by atoms with Gasteiger partial charge in [-0.25, -0.2) is 9.78 Å². The van der Waals surface area contributed by atoms with Crippen LogP contribution in [0.4, 0.5) is 0 Å². The number of fused-ring (bicyclic) bond motifs is 1. The summed E-state index contributed by atoms with van der Waals surface area (Å²) in [6.45, 7) is 0. The maximum atomic E-state index is 11.2. The average Bonchev–Trinajstić information content (AvgIpc) is 2.86. The third-order valence-corrected chi connectivity index (χ3v) is 4.25. The summed E-state index contributed by atoms with van der Waals surface area (Å²) >= 11 is 1.42. The molecule has 0 unspecified atom stereocenters. The van der Waals surface area contributed by atoms with Crippen LogP contribution in [0.1, 0.15) is 28.0 Å². The van der Waals surface area contributed by atoms with Crippen molar-refractivity contribution in [3.63, 3.8) is 0 Å². The van der Waals surface area contributed by atoms with Crippen LogP contribution in [0.2, 0.25) is 0 Å². The summed E-state index contributed by atoms with van der Waals surface area (Å²) in [4.78, 5) is 16.5. The van der Waals surface area contributed by atoms with Gasteiger partial charge in [-0.05, 0) is 43.0 Å². The zero-order chi connectivity index (χ0) is 13.2. The minimum absolute atomic E-state index is 0.329. The first-order valence-electron chi connectivity index (χ1n) is 6.23. The fourth-order valence-electron chi connectivity index (χ4n) is 2.30. The lowest BCUT2D eigenvalue weighted by molar-refractivity contribution is 0.0693. The van der Waals surface area contributed by atoms with Crippen molar-refractivity contribution in [1.29, 1.82) is 0 Å². The van der Waals surface area contributed by atoms with E-state index in [2.05, 4.69) is 11.1 Å². The van der Waals surface area contributed by atoms with Crippen molar-refractivity contribution in [3.05, 3.63) is 53.2 Å². The summed E-state index contributed by atoms with van der Waals surface area (Å²) in [6.07, 6.45) is 3.31. The Hall–Kier alpha value is -1.81. The van der Waals surface area contributed by atoms with Gasteiger partial charge >= 0.3 is 5.97 Å². The van der Waals surface area contributed by atoms with Crippen LogP contribution < -0.4 is 0 Å². The van der Waals surface area contributed by atoms with Crippen molar-refractivity contribution in [2.75, 3.05) is 0 Å². The SMILES string of the molecule is O=C(O)c1ccccc1Sc1ccc2c(n1)CCC2. The molecule has 0 fully saturated rings. The van der Waals surface area contributed by atoms with Gasteiger partial charge in [-0.1, -0.05) is 30.0 Å².